The fraction of sp³-hybridized carbons (Fsp3) is 1.00. The Labute approximate surface area is 112 Å². The predicted molar refractivity (Wildman–Crippen MR) is 75.7 cm³/mol. The van der Waals surface area contributed by atoms with Crippen LogP contribution in [0.5, 0.6) is 0 Å². The zero-order valence-electron chi connectivity index (χ0n) is 11.7. The highest BCUT2D eigenvalue weighted by molar-refractivity contribution is 4.84. The van der Waals surface area contributed by atoms with E-state index in [1.54, 1.807) is 0 Å². The average molecular weight is 254 g/mol. The molecule has 2 aliphatic rings. The van der Waals surface area contributed by atoms with Crippen LogP contribution in [0, 0.1) is 5.92 Å². The van der Waals surface area contributed by atoms with E-state index in [1.165, 1.54) is 64.7 Å². The summed E-state index contributed by atoms with van der Waals surface area (Å²) in [5.41, 5.74) is 0. The number of nitrogens with one attached hydrogen (secondary N) is 1. The van der Waals surface area contributed by atoms with Gasteiger partial charge in [0.1, 0.15) is 0 Å². The number of unbranched alkanes of at least 4 members (excludes halogenated alkanes) is 1. The van der Waals surface area contributed by atoms with Crippen molar-refractivity contribution >= 4 is 0 Å². The maximum Gasteiger partial charge on any atom is 0.0431 e. The van der Waals surface area contributed by atoms with Gasteiger partial charge in [-0.15, -0.1) is 0 Å². The predicted octanol–water partition coefficient (Wildman–Crippen LogP) is 2.00. The molecule has 2 saturated heterocycles. The van der Waals surface area contributed by atoms with Gasteiger partial charge in [0, 0.05) is 12.6 Å². The molecular weight excluding hydrogens is 224 g/mol. The fourth-order valence-electron chi connectivity index (χ4n) is 3.66. The van der Waals surface area contributed by atoms with E-state index >= 15 is 0 Å². The van der Waals surface area contributed by atoms with Crippen LogP contribution in [-0.4, -0.2) is 48.8 Å². The van der Waals surface area contributed by atoms with Crippen molar-refractivity contribution in [3.05, 3.63) is 0 Å². The molecule has 2 N–H and O–H groups in total. The number of aliphatic hydroxyl groups is 1. The van der Waals surface area contributed by atoms with Gasteiger partial charge in [0.25, 0.3) is 0 Å². The van der Waals surface area contributed by atoms with Crippen molar-refractivity contribution in [3.63, 3.8) is 0 Å². The zero-order chi connectivity index (χ0) is 12.6. The molecule has 2 rings (SSSR count). The molecule has 0 amide bonds. The topological polar surface area (TPSA) is 35.5 Å². The zero-order valence-corrected chi connectivity index (χ0v) is 11.7. The van der Waals surface area contributed by atoms with E-state index in [1.807, 2.05) is 0 Å². The second-order valence-corrected chi connectivity index (χ2v) is 5.97. The SMILES string of the molecule is OCCCCN1CCCCCC1C1CCNCC1. The Hall–Kier alpha value is -0.120. The molecule has 0 bridgehead atoms. The second kappa shape index (κ2) is 8.13. The molecule has 0 radical (unpaired) electrons. The van der Waals surface area contributed by atoms with Gasteiger partial charge < -0.3 is 15.3 Å². The van der Waals surface area contributed by atoms with E-state index in [9.17, 15) is 0 Å². The van der Waals surface area contributed by atoms with Crippen molar-refractivity contribution < 1.29 is 5.11 Å². The van der Waals surface area contributed by atoms with Crippen LogP contribution in [-0.2, 0) is 0 Å². The minimum Gasteiger partial charge on any atom is -0.396 e. The minimum atomic E-state index is 0.353. The lowest BCUT2D eigenvalue weighted by atomic mass is 9.86. The highest BCUT2D eigenvalue weighted by Gasteiger charge is 2.29. The summed E-state index contributed by atoms with van der Waals surface area (Å²) in [5, 5.41) is 12.4. The largest absolute Gasteiger partial charge is 0.396 e. The third-order valence-electron chi connectivity index (χ3n) is 4.70. The third-order valence-corrected chi connectivity index (χ3v) is 4.70. The summed E-state index contributed by atoms with van der Waals surface area (Å²) in [4.78, 5) is 2.75. The molecule has 1 unspecified atom stereocenters. The summed E-state index contributed by atoms with van der Waals surface area (Å²) in [7, 11) is 0. The second-order valence-electron chi connectivity index (χ2n) is 5.97. The van der Waals surface area contributed by atoms with Gasteiger partial charge in [-0.3, -0.25) is 0 Å². The Bertz CT molecular complexity index is 217. The van der Waals surface area contributed by atoms with Crippen molar-refractivity contribution in [2.45, 2.75) is 57.4 Å². The number of hydrogen-bond donors (Lipinski definition) is 2. The average Bonchev–Trinajstić information content (AvgIpc) is 2.66. The summed E-state index contributed by atoms with van der Waals surface area (Å²) in [6, 6.07) is 0.827. The number of likely N-dealkylation sites (tertiary alicyclic amines) is 1. The summed E-state index contributed by atoms with van der Waals surface area (Å²) in [5.74, 6) is 0.915. The first kappa shape index (κ1) is 14.3. The summed E-state index contributed by atoms with van der Waals surface area (Å²) < 4.78 is 0. The number of rotatable bonds is 5. The minimum absolute atomic E-state index is 0.353. The number of piperidine rings is 1. The fourth-order valence-corrected chi connectivity index (χ4v) is 3.66. The van der Waals surface area contributed by atoms with Gasteiger partial charge in [-0.05, 0) is 70.6 Å². The maximum atomic E-state index is 8.94. The highest BCUT2D eigenvalue weighted by Crippen LogP contribution is 2.28. The first-order chi connectivity index (χ1) is 8.92. The molecule has 0 spiro atoms. The molecule has 0 aliphatic carbocycles. The van der Waals surface area contributed by atoms with Gasteiger partial charge in [-0.2, -0.15) is 0 Å². The van der Waals surface area contributed by atoms with Crippen LogP contribution in [0.2, 0.25) is 0 Å². The van der Waals surface area contributed by atoms with Crippen molar-refractivity contribution in [3.8, 4) is 0 Å². The van der Waals surface area contributed by atoms with E-state index in [-0.39, 0.29) is 0 Å². The standard InChI is InChI=1S/C15H30N2O/c18-13-5-4-12-17-11-3-1-2-6-15(17)14-7-9-16-10-8-14/h14-16,18H,1-13H2. The first-order valence-electron chi connectivity index (χ1n) is 7.97. The van der Waals surface area contributed by atoms with Crippen LogP contribution >= 0.6 is 0 Å². The number of hydrogen-bond acceptors (Lipinski definition) is 3. The van der Waals surface area contributed by atoms with Crippen molar-refractivity contribution in [2.24, 2.45) is 5.92 Å². The Morgan fingerprint density at radius 3 is 2.61 bits per heavy atom. The molecule has 0 aromatic carbocycles. The van der Waals surface area contributed by atoms with E-state index in [0.29, 0.717) is 6.61 Å². The van der Waals surface area contributed by atoms with E-state index < -0.39 is 0 Å². The van der Waals surface area contributed by atoms with Crippen LogP contribution in [0.1, 0.15) is 51.4 Å². The van der Waals surface area contributed by atoms with Gasteiger partial charge in [0.15, 0.2) is 0 Å². The quantitative estimate of drug-likeness (QED) is 0.737. The van der Waals surface area contributed by atoms with Crippen molar-refractivity contribution in [1.29, 1.82) is 0 Å². The van der Waals surface area contributed by atoms with Crippen molar-refractivity contribution in [1.82, 2.24) is 10.2 Å². The number of nitrogens with zero attached hydrogens (tertiary/aromatic N) is 1. The van der Waals surface area contributed by atoms with Gasteiger partial charge in [0.2, 0.25) is 0 Å². The summed E-state index contributed by atoms with van der Waals surface area (Å²) >= 11 is 0. The van der Waals surface area contributed by atoms with Gasteiger partial charge >= 0.3 is 0 Å². The molecule has 2 heterocycles. The lowest BCUT2D eigenvalue weighted by Gasteiger charge is -2.38. The molecule has 0 saturated carbocycles. The van der Waals surface area contributed by atoms with Crippen LogP contribution < -0.4 is 5.32 Å². The molecule has 0 aromatic rings. The van der Waals surface area contributed by atoms with Gasteiger partial charge in [-0.1, -0.05) is 12.8 Å². The Morgan fingerprint density at radius 1 is 1.00 bits per heavy atom. The number of aliphatic hydroxyl groups excluding tert-OH is 1. The molecule has 18 heavy (non-hydrogen) atoms. The van der Waals surface area contributed by atoms with Crippen LogP contribution in [0.3, 0.4) is 0 Å². The van der Waals surface area contributed by atoms with Crippen LogP contribution in [0.4, 0.5) is 0 Å². The molecule has 106 valence electrons. The van der Waals surface area contributed by atoms with Gasteiger partial charge in [0.05, 0.1) is 0 Å². The maximum absolute atomic E-state index is 8.94. The summed E-state index contributed by atoms with van der Waals surface area (Å²) in [6.45, 7) is 5.28. The Morgan fingerprint density at radius 2 is 1.83 bits per heavy atom. The van der Waals surface area contributed by atoms with Gasteiger partial charge in [-0.25, -0.2) is 0 Å². The lowest BCUT2D eigenvalue weighted by molar-refractivity contribution is 0.118. The first-order valence-corrected chi connectivity index (χ1v) is 7.97. The molecule has 1 atom stereocenters. The summed E-state index contributed by atoms with van der Waals surface area (Å²) in [6.07, 6.45) is 10.5. The Kier molecular flexibility index (Phi) is 6.46. The smallest absolute Gasteiger partial charge is 0.0431 e. The molecule has 3 nitrogen and oxygen atoms in total. The third kappa shape index (κ3) is 4.22. The molecule has 3 heteroatoms. The molecule has 2 fully saturated rings. The van der Waals surface area contributed by atoms with Crippen LogP contribution in [0.25, 0.3) is 0 Å². The normalized spacial score (nSPS) is 28.2. The van der Waals surface area contributed by atoms with Crippen LogP contribution in [0.15, 0.2) is 0 Å². The van der Waals surface area contributed by atoms with E-state index in [0.717, 1.165) is 24.8 Å². The van der Waals surface area contributed by atoms with Crippen molar-refractivity contribution in [2.75, 3.05) is 32.8 Å². The van der Waals surface area contributed by atoms with E-state index in [4.69, 9.17) is 5.11 Å². The molecular formula is C15H30N2O. The molecule has 2 aliphatic heterocycles. The monoisotopic (exact) mass is 254 g/mol. The lowest BCUT2D eigenvalue weighted by Crippen LogP contribution is -2.44. The molecule has 0 aromatic heterocycles. The Balaban J connectivity index is 1.88. The van der Waals surface area contributed by atoms with E-state index in [2.05, 4.69) is 10.2 Å². The highest BCUT2D eigenvalue weighted by atomic mass is 16.2.